The van der Waals surface area contributed by atoms with Crippen molar-refractivity contribution in [3.05, 3.63) is 5.82 Å². The van der Waals surface area contributed by atoms with Gasteiger partial charge in [-0.15, -0.1) is 10.2 Å². The summed E-state index contributed by atoms with van der Waals surface area (Å²) in [7, 11) is 0. The van der Waals surface area contributed by atoms with Gasteiger partial charge < -0.3 is 10.6 Å². The van der Waals surface area contributed by atoms with Gasteiger partial charge in [0.2, 0.25) is 5.95 Å². The number of aromatic nitrogens is 3. The Morgan fingerprint density at radius 3 is 2.88 bits per heavy atom. The largest absolute Gasteiger partial charge is 0.355 e. The lowest BCUT2D eigenvalue weighted by molar-refractivity contribution is 0.310. The minimum Gasteiger partial charge on any atom is -0.355 e. The van der Waals surface area contributed by atoms with E-state index in [-0.39, 0.29) is 0 Å². The van der Waals surface area contributed by atoms with Crippen molar-refractivity contribution in [3.63, 3.8) is 0 Å². The van der Waals surface area contributed by atoms with Gasteiger partial charge in [0.25, 0.3) is 0 Å². The first-order chi connectivity index (χ1) is 8.26. The Balaban J connectivity index is 2.19. The second-order valence-corrected chi connectivity index (χ2v) is 4.79. The predicted molar refractivity (Wildman–Crippen MR) is 69.0 cm³/mol. The van der Waals surface area contributed by atoms with E-state index in [9.17, 15) is 0 Å². The normalized spacial score (nSPS) is 24.9. The van der Waals surface area contributed by atoms with Gasteiger partial charge in [-0.1, -0.05) is 6.92 Å². The highest BCUT2D eigenvalue weighted by Crippen LogP contribution is 2.26. The zero-order valence-electron chi connectivity index (χ0n) is 11.0. The molecule has 17 heavy (non-hydrogen) atoms. The molecule has 2 atom stereocenters. The second kappa shape index (κ2) is 5.49. The molecule has 0 bridgehead atoms. The molecular weight excluding hydrogens is 214 g/mol. The van der Waals surface area contributed by atoms with Crippen LogP contribution in [0.1, 0.15) is 45.5 Å². The fraction of sp³-hybridized carbons (Fsp3) is 0.833. The summed E-state index contributed by atoms with van der Waals surface area (Å²) < 4.78 is 2.18. The van der Waals surface area contributed by atoms with Gasteiger partial charge in [-0.3, -0.25) is 4.57 Å². The van der Waals surface area contributed by atoms with Crippen molar-refractivity contribution in [2.45, 2.75) is 46.2 Å². The van der Waals surface area contributed by atoms with Crippen LogP contribution in [-0.4, -0.2) is 27.9 Å². The molecule has 96 valence electrons. The van der Waals surface area contributed by atoms with Gasteiger partial charge >= 0.3 is 0 Å². The Kier molecular flexibility index (Phi) is 3.99. The van der Waals surface area contributed by atoms with Crippen molar-refractivity contribution in [2.75, 3.05) is 18.4 Å². The Hall–Kier alpha value is -1.10. The van der Waals surface area contributed by atoms with E-state index in [1.54, 1.807) is 0 Å². The van der Waals surface area contributed by atoms with E-state index in [0.29, 0.717) is 6.04 Å². The molecule has 0 spiro atoms. The number of piperidine rings is 1. The van der Waals surface area contributed by atoms with Gasteiger partial charge in [0.1, 0.15) is 0 Å². The molecule has 5 heteroatoms. The van der Waals surface area contributed by atoms with Crippen LogP contribution >= 0.6 is 0 Å². The average molecular weight is 237 g/mol. The highest BCUT2D eigenvalue weighted by atomic mass is 15.4. The lowest BCUT2D eigenvalue weighted by Crippen LogP contribution is -2.32. The molecule has 2 heterocycles. The third-order valence-electron chi connectivity index (χ3n) is 3.41. The van der Waals surface area contributed by atoms with Crippen LogP contribution < -0.4 is 10.6 Å². The molecule has 0 saturated carbocycles. The maximum absolute atomic E-state index is 4.35. The molecule has 1 saturated heterocycles. The molecule has 2 unspecified atom stereocenters. The Labute approximate surface area is 103 Å². The van der Waals surface area contributed by atoms with Crippen LogP contribution in [0.3, 0.4) is 0 Å². The van der Waals surface area contributed by atoms with Crippen LogP contribution in [0.25, 0.3) is 0 Å². The third kappa shape index (κ3) is 2.60. The summed E-state index contributed by atoms with van der Waals surface area (Å²) in [5, 5.41) is 15.4. The van der Waals surface area contributed by atoms with Crippen molar-refractivity contribution < 1.29 is 0 Å². The molecular formula is C12H23N5. The van der Waals surface area contributed by atoms with E-state index in [2.05, 4.69) is 46.2 Å². The minimum absolute atomic E-state index is 0.360. The van der Waals surface area contributed by atoms with Gasteiger partial charge in [0.15, 0.2) is 5.82 Å². The molecule has 0 aliphatic carbocycles. The molecule has 0 amide bonds. The van der Waals surface area contributed by atoms with E-state index in [1.165, 1.54) is 6.42 Å². The quantitative estimate of drug-likeness (QED) is 0.838. The zero-order valence-corrected chi connectivity index (χ0v) is 11.0. The van der Waals surface area contributed by atoms with Crippen molar-refractivity contribution in [3.8, 4) is 0 Å². The van der Waals surface area contributed by atoms with Crippen LogP contribution in [0.2, 0.25) is 0 Å². The molecule has 0 radical (unpaired) electrons. The van der Waals surface area contributed by atoms with Crippen LogP contribution in [0, 0.1) is 5.92 Å². The van der Waals surface area contributed by atoms with E-state index < -0.39 is 0 Å². The standard InChI is InChI=1S/C12H23N5/c1-4-13-12-16-15-11(17(12)5-2)10-8-9(3)6-7-14-10/h9-10,14H,4-8H2,1-3H3,(H,13,16). The predicted octanol–water partition coefficient (Wildman–Crippen LogP) is 1.79. The van der Waals surface area contributed by atoms with E-state index in [1.807, 2.05) is 0 Å². The van der Waals surface area contributed by atoms with Crippen LogP contribution in [0.15, 0.2) is 0 Å². The second-order valence-electron chi connectivity index (χ2n) is 4.79. The van der Waals surface area contributed by atoms with E-state index >= 15 is 0 Å². The van der Waals surface area contributed by atoms with Crippen LogP contribution in [0.5, 0.6) is 0 Å². The summed E-state index contributed by atoms with van der Waals surface area (Å²) in [6.07, 6.45) is 2.42. The molecule has 1 fully saturated rings. The first-order valence-corrected chi connectivity index (χ1v) is 6.66. The van der Waals surface area contributed by atoms with E-state index in [0.717, 1.165) is 43.7 Å². The Morgan fingerprint density at radius 2 is 2.24 bits per heavy atom. The van der Waals surface area contributed by atoms with E-state index in [4.69, 9.17) is 0 Å². The first-order valence-electron chi connectivity index (χ1n) is 6.66. The number of nitrogens with zero attached hydrogens (tertiary/aromatic N) is 3. The number of hydrogen-bond acceptors (Lipinski definition) is 4. The van der Waals surface area contributed by atoms with Crippen LogP contribution in [0.4, 0.5) is 5.95 Å². The maximum atomic E-state index is 4.35. The zero-order chi connectivity index (χ0) is 12.3. The molecule has 5 nitrogen and oxygen atoms in total. The van der Waals surface area contributed by atoms with Crippen molar-refractivity contribution in [2.24, 2.45) is 5.92 Å². The van der Waals surface area contributed by atoms with Crippen molar-refractivity contribution >= 4 is 5.95 Å². The summed E-state index contributed by atoms with van der Waals surface area (Å²) in [6.45, 7) is 9.41. The number of anilines is 1. The molecule has 1 aliphatic rings. The summed E-state index contributed by atoms with van der Waals surface area (Å²) in [6, 6.07) is 0.360. The minimum atomic E-state index is 0.360. The molecule has 1 aromatic rings. The SMILES string of the molecule is CCNc1nnc(C2CC(C)CCN2)n1CC. The Morgan fingerprint density at radius 1 is 1.41 bits per heavy atom. The summed E-state index contributed by atoms with van der Waals surface area (Å²) in [4.78, 5) is 0. The summed E-state index contributed by atoms with van der Waals surface area (Å²) in [5.74, 6) is 2.74. The van der Waals surface area contributed by atoms with Gasteiger partial charge in [-0.25, -0.2) is 0 Å². The fourth-order valence-corrected chi connectivity index (χ4v) is 2.48. The number of nitrogens with one attached hydrogen (secondary N) is 2. The molecule has 1 aromatic heterocycles. The number of rotatable bonds is 4. The van der Waals surface area contributed by atoms with Crippen molar-refractivity contribution in [1.82, 2.24) is 20.1 Å². The van der Waals surface area contributed by atoms with Gasteiger partial charge in [0.05, 0.1) is 6.04 Å². The summed E-state index contributed by atoms with van der Waals surface area (Å²) in [5.41, 5.74) is 0. The topological polar surface area (TPSA) is 54.8 Å². The lowest BCUT2D eigenvalue weighted by atomic mass is 9.94. The molecule has 2 rings (SSSR count). The Bertz CT molecular complexity index is 360. The van der Waals surface area contributed by atoms with Gasteiger partial charge in [-0.05, 0) is 39.2 Å². The number of hydrogen-bond donors (Lipinski definition) is 2. The molecule has 0 aromatic carbocycles. The maximum Gasteiger partial charge on any atom is 0.224 e. The summed E-state index contributed by atoms with van der Waals surface area (Å²) >= 11 is 0. The third-order valence-corrected chi connectivity index (χ3v) is 3.41. The monoisotopic (exact) mass is 237 g/mol. The lowest BCUT2D eigenvalue weighted by Gasteiger charge is -2.27. The van der Waals surface area contributed by atoms with Crippen LogP contribution in [-0.2, 0) is 6.54 Å². The fourth-order valence-electron chi connectivity index (χ4n) is 2.48. The molecule has 1 aliphatic heterocycles. The highest BCUT2D eigenvalue weighted by molar-refractivity contribution is 5.26. The molecule has 2 N–H and O–H groups in total. The van der Waals surface area contributed by atoms with Crippen molar-refractivity contribution in [1.29, 1.82) is 0 Å². The smallest absolute Gasteiger partial charge is 0.224 e. The van der Waals surface area contributed by atoms with Gasteiger partial charge in [-0.2, -0.15) is 0 Å². The van der Waals surface area contributed by atoms with Gasteiger partial charge in [0, 0.05) is 13.1 Å². The average Bonchev–Trinajstić information content (AvgIpc) is 2.72. The first kappa shape index (κ1) is 12.4. The highest BCUT2D eigenvalue weighted by Gasteiger charge is 2.25.